The summed E-state index contributed by atoms with van der Waals surface area (Å²) in [6.07, 6.45) is 1.50. The molecule has 1 N–H and O–H groups in total. The van der Waals surface area contributed by atoms with Gasteiger partial charge < -0.3 is 14.6 Å². The molecule has 1 saturated heterocycles. The standard InChI is InChI=1S/C16H17F2N3O3/c17-12-2-1-11(13(18)8-12)7-14(22)19-9-15-20-16(21-24-15)10-3-5-23-6-4-10/h1-2,8,10H,3-7,9H2,(H,19,22). The van der Waals surface area contributed by atoms with E-state index in [0.29, 0.717) is 24.9 Å². The van der Waals surface area contributed by atoms with Gasteiger partial charge in [0.25, 0.3) is 0 Å². The van der Waals surface area contributed by atoms with Crippen LogP contribution in [-0.2, 0) is 22.5 Å². The first kappa shape index (κ1) is 16.5. The van der Waals surface area contributed by atoms with Crippen LogP contribution in [0.2, 0.25) is 0 Å². The molecule has 1 aliphatic heterocycles. The van der Waals surface area contributed by atoms with E-state index in [1.165, 1.54) is 6.07 Å². The third-order valence-corrected chi connectivity index (χ3v) is 3.87. The van der Waals surface area contributed by atoms with Crippen molar-refractivity contribution < 1.29 is 22.8 Å². The highest BCUT2D eigenvalue weighted by Gasteiger charge is 2.21. The van der Waals surface area contributed by atoms with E-state index in [-0.39, 0.29) is 24.4 Å². The summed E-state index contributed by atoms with van der Waals surface area (Å²) in [4.78, 5) is 16.1. The van der Waals surface area contributed by atoms with Gasteiger partial charge in [0.2, 0.25) is 11.8 Å². The first-order valence-corrected chi connectivity index (χ1v) is 7.72. The number of nitrogens with one attached hydrogen (secondary N) is 1. The van der Waals surface area contributed by atoms with Crippen molar-refractivity contribution in [2.24, 2.45) is 0 Å². The minimum Gasteiger partial charge on any atom is -0.381 e. The largest absolute Gasteiger partial charge is 0.381 e. The highest BCUT2D eigenvalue weighted by Crippen LogP contribution is 2.24. The van der Waals surface area contributed by atoms with Gasteiger partial charge in [0.05, 0.1) is 13.0 Å². The molecule has 1 amide bonds. The van der Waals surface area contributed by atoms with Crippen molar-refractivity contribution in [3.63, 3.8) is 0 Å². The number of hydrogen-bond donors (Lipinski definition) is 1. The number of ether oxygens (including phenoxy) is 1. The summed E-state index contributed by atoms with van der Waals surface area (Å²) in [5.41, 5.74) is 0.127. The number of aromatic nitrogens is 2. The lowest BCUT2D eigenvalue weighted by Crippen LogP contribution is -2.25. The summed E-state index contributed by atoms with van der Waals surface area (Å²) in [5, 5.41) is 6.52. The molecule has 1 aromatic heterocycles. The molecular formula is C16H17F2N3O3. The minimum absolute atomic E-state index is 0.0673. The topological polar surface area (TPSA) is 77.2 Å². The van der Waals surface area contributed by atoms with Crippen molar-refractivity contribution in [2.45, 2.75) is 31.7 Å². The SMILES string of the molecule is O=C(Cc1ccc(F)cc1F)NCc1nc(C2CCOCC2)no1. The molecule has 1 fully saturated rings. The molecule has 24 heavy (non-hydrogen) atoms. The van der Waals surface area contributed by atoms with Crippen LogP contribution in [0.5, 0.6) is 0 Å². The van der Waals surface area contributed by atoms with Crippen molar-refractivity contribution in [3.8, 4) is 0 Å². The first-order chi connectivity index (χ1) is 11.6. The zero-order chi connectivity index (χ0) is 16.9. The van der Waals surface area contributed by atoms with E-state index >= 15 is 0 Å². The Kier molecular flexibility index (Phi) is 5.14. The van der Waals surface area contributed by atoms with Crippen LogP contribution in [0.1, 0.15) is 36.0 Å². The molecule has 0 unspecified atom stereocenters. The molecule has 0 radical (unpaired) electrons. The van der Waals surface area contributed by atoms with Gasteiger partial charge in [0.15, 0.2) is 5.82 Å². The Bertz CT molecular complexity index is 714. The van der Waals surface area contributed by atoms with Crippen molar-refractivity contribution in [3.05, 3.63) is 47.1 Å². The van der Waals surface area contributed by atoms with Gasteiger partial charge in [0, 0.05) is 25.2 Å². The van der Waals surface area contributed by atoms with Crippen LogP contribution in [0.4, 0.5) is 8.78 Å². The van der Waals surface area contributed by atoms with Crippen LogP contribution in [0.15, 0.2) is 22.7 Å². The summed E-state index contributed by atoms with van der Waals surface area (Å²) in [5.74, 6) is -0.712. The number of hydrogen-bond acceptors (Lipinski definition) is 5. The van der Waals surface area contributed by atoms with Crippen molar-refractivity contribution in [2.75, 3.05) is 13.2 Å². The van der Waals surface area contributed by atoms with Gasteiger partial charge in [0.1, 0.15) is 11.6 Å². The second-order valence-electron chi connectivity index (χ2n) is 5.62. The fourth-order valence-electron chi connectivity index (χ4n) is 2.54. The molecule has 2 heterocycles. The highest BCUT2D eigenvalue weighted by atomic mass is 19.1. The summed E-state index contributed by atoms with van der Waals surface area (Å²) in [6, 6.07) is 3.12. The predicted molar refractivity (Wildman–Crippen MR) is 79.0 cm³/mol. The number of halogens is 2. The van der Waals surface area contributed by atoms with Gasteiger partial charge in [-0.2, -0.15) is 4.98 Å². The maximum Gasteiger partial charge on any atom is 0.246 e. The van der Waals surface area contributed by atoms with E-state index < -0.39 is 17.5 Å². The molecule has 3 rings (SSSR count). The Morgan fingerprint density at radius 1 is 1.29 bits per heavy atom. The fourth-order valence-corrected chi connectivity index (χ4v) is 2.54. The normalized spacial score (nSPS) is 15.4. The molecular weight excluding hydrogens is 320 g/mol. The second-order valence-corrected chi connectivity index (χ2v) is 5.62. The molecule has 6 nitrogen and oxygen atoms in total. The smallest absolute Gasteiger partial charge is 0.246 e. The molecule has 0 saturated carbocycles. The molecule has 0 aliphatic carbocycles. The zero-order valence-corrected chi connectivity index (χ0v) is 12.9. The lowest BCUT2D eigenvalue weighted by atomic mass is 10.00. The number of rotatable bonds is 5. The average Bonchev–Trinajstić information content (AvgIpc) is 3.05. The lowest BCUT2D eigenvalue weighted by molar-refractivity contribution is -0.120. The molecule has 1 aromatic carbocycles. The summed E-state index contributed by atoms with van der Waals surface area (Å²) >= 11 is 0. The third kappa shape index (κ3) is 4.14. The Labute approximate surface area is 137 Å². The molecule has 1 aliphatic rings. The maximum absolute atomic E-state index is 13.5. The van der Waals surface area contributed by atoms with E-state index in [1.807, 2.05) is 0 Å². The van der Waals surface area contributed by atoms with Gasteiger partial charge in [-0.15, -0.1) is 0 Å². The summed E-state index contributed by atoms with van der Waals surface area (Å²) in [7, 11) is 0. The fraction of sp³-hybridized carbons (Fsp3) is 0.438. The van der Waals surface area contributed by atoms with Crippen LogP contribution in [0, 0.1) is 11.6 Å². The Hall–Kier alpha value is -2.35. The van der Waals surface area contributed by atoms with Gasteiger partial charge in [-0.3, -0.25) is 4.79 Å². The number of benzene rings is 1. The van der Waals surface area contributed by atoms with Crippen molar-refractivity contribution >= 4 is 5.91 Å². The van der Waals surface area contributed by atoms with Crippen LogP contribution < -0.4 is 5.32 Å². The van der Waals surface area contributed by atoms with E-state index in [1.54, 1.807) is 0 Å². The van der Waals surface area contributed by atoms with Gasteiger partial charge >= 0.3 is 0 Å². The maximum atomic E-state index is 13.5. The highest BCUT2D eigenvalue weighted by molar-refractivity contribution is 5.78. The summed E-state index contributed by atoms with van der Waals surface area (Å²) < 4.78 is 36.7. The first-order valence-electron chi connectivity index (χ1n) is 7.72. The molecule has 0 bridgehead atoms. The number of nitrogens with zero attached hydrogens (tertiary/aromatic N) is 2. The van der Waals surface area contributed by atoms with E-state index in [2.05, 4.69) is 15.5 Å². The molecule has 8 heteroatoms. The molecule has 0 atom stereocenters. The van der Waals surface area contributed by atoms with Crippen LogP contribution >= 0.6 is 0 Å². The molecule has 0 spiro atoms. The van der Waals surface area contributed by atoms with Crippen LogP contribution in [-0.4, -0.2) is 29.3 Å². The number of carbonyl (C=O) groups is 1. The van der Waals surface area contributed by atoms with Gasteiger partial charge in [-0.25, -0.2) is 8.78 Å². The van der Waals surface area contributed by atoms with Gasteiger partial charge in [-0.05, 0) is 24.5 Å². The lowest BCUT2D eigenvalue weighted by Gasteiger charge is -2.18. The Morgan fingerprint density at radius 2 is 2.08 bits per heavy atom. The van der Waals surface area contributed by atoms with Gasteiger partial charge in [-0.1, -0.05) is 11.2 Å². The Balaban J connectivity index is 1.52. The quantitative estimate of drug-likeness (QED) is 0.904. The van der Waals surface area contributed by atoms with Crippen molar-refractivity contribution in [1.82, 2.24) is 15.5 Å². The Morgan fingerprint density at radius 3 is 2.83 bits per heavy atom. The monoisotopic (exact) mass is 337 g/mol. The average molecular weight is 337 g/mol. The van der Waals surface area contributed by atoms with Crippen LogP contribution in [0.3, 0.4) is 0 Å². The van der Waals surface area contributed by atoms with Crippen LogP contribution in [0.25, 0.3) is 0 Å². The minimum atomic E-state index is -0.746. The number of amides is 1. The third-order valence-electron chi connectivity index (χ3n) is 3.87. The zero-order valence-electron chi connectivity index (χ0n) is 12.9. The van der Waals surface area contributed by atoms with E-state index in [9.17, 15) is 13.6 Å². The van der Waals surface area contributed by atoms with E-state index in [0.717, 1.165) is 25.0 Å². The molecule has 128 valence electrons. The van der Waals surface area contributed by atoms with E-state index in [4.69, 9.17) is 9.26 Å². The summed E-state index contributed by atoms with van der Waals surface area (Å²) in [6.45, 7) is 1.42. The predicted octanol–water partition coefficient (Wildman–Crippen LogP) is 2.10. The second kappa shape index (κ2) is 7.48. The molecule has 2 aromatic rings. The van der Waals surface area contributed by atoms with Crippen molar-refractivity contribution in [1.29, 1.82) is 0 Å². The number of carbonyl (C=O) groups excluding carboxylic acids is 1.